The van der Waals surface area contributed by atoms with Gasteiger partial charge in [0.25, 0.3) is 0 Å². The molecule has 0 heterocycles. The van der Waals surface area contributed by atoms with Crippen LogP contribution in [0.1, 0.15) is 0 Å². The first kappa shape index (κ1) is 12.3. The van der Waals surface area contributed by atoms with E-state index in [0.717, 1.165) is 4.90 Å². The van der Waals surface area contributed by atoms with Crippen molar-refractivity contribution >= 4 is 29.3 Å². The molecule has 0 bridgehead atoms. The van der Waals surface area contributed by atoms with Crippen LogP contribution in [-0.2, 0) is 9.59 Å². The number of hydrogen-bond donors (Lipinski definition) is 2. The summed E-state index contributed by atoms with van der Waals surface area (Å²) in [7, 11) is 0. The van der Waals surface area contributed by atoms with E-state index in [4.69, 9.17) is 5.11 Å². The van der Waals surface area contributed by atoms with E-state index in [-0.39, 0.29) is 11.7 Å². The first-order chi connectivity index (χ1) is 7.61. The standard InChI is InChI=1S/C11H11NO3S/c1-2-10(13)12-8-3-5-9(6-4-8)16-7-11(14)15/h2-6H,1,7H2,(H,12,13)(H,14,15). The number of thioether (sulfide) groups is 1. The summed E-state index contributed by atoms with van der Waals surface area (Å²) in [4.78, 5) is 22.2. The molecule has 0 radical (unpaired) electrons. The molecule has 0 spiro atoms. The van der Waals surface area contributed by atoms with Crippen LogP contribution in [0.15, 0.2) is 41.8 Å². The van der Waals surface area contributed by atoms with Crippen LogP contribution in [0.25, 0.3) is 0 Å². The van der Waals surface area contributed by atoms with Gasteiger partial charge in [-0.1, -0.05) is 6.58 Å². The zero-order chi connectivity index (χ0) is 12.0. The van der Waals surface area contributed by atoms with E-state index in [1.807, 2.05) is 0 Å². The highest BCUT2D eigenvalue weighted by Crippen LogP contribution is 2.19. The molecule has 0 fully saturated rings. The van der Waals surface area contributed by atoms with Gasteiger partial charge in [0.1, 0.15) is 0 Å². The minimum absolute atomic E-state index is 0.0262. The van der Waals surface area contributed by atoms with Crippen LogP contribution in [0.5, 0.6) is 0 Å². The maximum Gasteiger partial charge on any atom is 0.313 e. The van der Waals surface area contributed by atoms with Crippen LogP contribution >= 0.6 is 11.8 Å². The van der Waals surface area contributed by atoms with Crippen molar-refractivity contribution in [1.82, 2.24) is 0 Å². The van der Waals surface area contributed by atoms with Crippen molar-refractivity contribution in [2.45, 2.75) is 4.90 Å². The van der Waals surface area contributed by atoms with Crippen molar-refractivity contribution in [1.29, 1.82) is 0 Å². The number of carbonyl (C=O) groups is 2. The third kappa shape index (κ3) is 4.18. The monoisotopic (exact) mass is 237 g/mol. The minimum atomic E-state index is -0.853. The van der Waals surface area contributed by atoms with Crippen molar-refractivity contribution in [3.05, 3.63) is 36.9 Å². The number of amides is 1. The molecular weight excluding hydrogens is 226 g/mol. The molecule has 1 amide bonds. The second-order valence-electron chi connectivity index (χ2n) is 2.90. The number of carbonyl (C=O) groups excluding carboxylic acids is 1. The summed E-state index contributed by atoms with van der Waals surface area (Å²) in [6, 6.07) is 6.94. The average molecular weight is 237 g/mol. The number of rotatable bonds is 5. The SMILES string of the molecule is C=CC(=O)Nc1ccc(SCC(=O)O)cc1. The summed E-state index contributed by atoms with van der Waals surface area (Å²) in [5.41, 5.74) is 0.657. The van der Waals surface area contributed by atoms with E-state index in [2.05, 4.69) is 11.9 Å². The Morgan fingerprint density at radius 1 is 1.38 bits per heavy atom. The van der Waals surface area contributed by atoms with Gasteiger partial charge in [0.15, 0.2) is 0 Å². The first-order valence-electron chi connectivity index (χ1n) is 4.50. The second-order valence-corrected chi connectivity index (χ2v) is 3.95. The average Bonchev–Trinajstić information content (AvgIpc) is 2.28. The van der Waals surface area contributed by atoms with Crippen LogP contribution in [0, 0.1) is 0 Å². The summed E-state index contributed by atoms with van der Waals surface area (Å²) in [6.45, 7) is 3.34. The summed E-state index contributed by atoms with van der Waals surface area (Å²) >= 11 is 1.23. The summed E-state index contributed by atoms with van der Waals surface area (Å²) < 4.78 is 0. The van der Waals surface area contributed by atoms with Gasteiger partial charge < -0.3 is 10.4 Å². The molecule has 16 heavy (non-hydrogen) atoms. The fraction of sp³-hybridized carbons (Fsp3) is 0.0909. The number of carboxylic acid groups (broad SMARTS) is 1. The van der Waals surface area contributed by atoms with Gasteiger partial charge in [-0.05, 0) is 30.3 Å². The summed E-state index contributed by atoms with van der Waals surface area (Å²) in [5, 5.41) is 11.1. The van der Waals surface area contributed by atoms with Crippen molar-refractivity contribution in [2.24, 2.45) is 0 Å². The van der Waals surface area contributed by atoms with E-state index < -0.39 is 5.97 Å². The zero-order valence-corrected chi connectivity index (χ0v) is 9.29. The third-order valence-corrected chi connectivity index (χ3v) is 2.67. The molecule has 5 heteroatoms. The van der Waals surface area contributed by atoms with Crippen LogP contribution in [-0.4, -0.2) is 22.7 Å². The van der Waals surface area contributed by atoms with Gasteiger partial charge in [0.05, 0.1) is 5.75 Å². The minimum Gasteiger partial charge on any atom is -0.481 e. The molecule has 0 saturated carbocycles. The lowest BCUT2D eigenvalue weighted by molar-refractivity contribution is -0.133. The van der Waals surface area contributed by atoms with Gasteiger partial charge in [0.2, 0.25) is 5.91 Å². The lowest BCUT2D eigenvalue weighted by atomic mass is 10.3. The number of benzene rings is 1. The predicted octanol–water partition coefficient (Wildman–Crippen LogP) is 1.99. The maximum atomic E-state index is 11.0. The Labute approximate surface area is 97.4 Å². The zero-order valence-electron chi connectivity index (χ0n) is 8.47. The van der Waals surface area contributed by atoms with Crippen molar-refractivity contribution in [3.63, 3.8) is 0 Å². The highest BCUT2D eigenvalue weighted by atomic mass is 32.2. The molecule has 0 aromatic heterocycles. The molecule has 0 aliphatic heterocycles. The Morgan fingerprint density at radius 2 is 2.00 bits per heavy atom. The van der Waals surface area contributed by atoms with Gasteiger partial charge in [-0.2, -0.15) is 0 Å². The Morgan fingerprint density at radius 3 is 2.50 bits per heavy atom. The third-order valence-electron chi connectivity index (χ3n) is 1.67. The first-order valence-corrected chi connectivity index (χ1v) is 5.48. The lowest BCUT2D eigenvalue weighted by Crippen LogP contribution is -2.06. The van der Waals surface area contributed by atoms with Gasteiger partial charge >= 0.3 is 5.97 Å². The van der Waals surface area contributed by atoms with Crippen LogP contribution in [0.2, 0.25) is 0 Å². The molecule has 84 valence electrons. The summed E-state index contributed by atoms with van der Waals surface area (Å²) in [6.07, 6.45) is 1.19. The molecule has 0 saturated heterocycles. The highest BCUT2D eigenvalue weighted by molar-refractivity contribution is 8.00. The molecule has 0 aliphatic carbocycles. The fourth-order valence-electron chi connectivity index (χ4n) is 0.973. The molecule has 0 aliphatic rings. The van der Waals surface area contributed by atoms with Gasteiger partial charge in [-0.3, -0.25) is 9.59 Å². The fourth-order valence-corrected chi connectivity index (χ4v) is 1.59. The number of hydrogen-bond acceptors (Lipinski definition) is 3. The van der Waals surface area contributed by atoms with Gasteiger partial charge in [0, 0.05) is 10.6 Å². The Hall–Kier alpha value is -1.75. The number of nitrogens with one attached hydrogen (secondary N) is 1. The molecule has 0 atom stereocenters. The molecule has 4 nitrogen and oxygen atoms in total. The van der Waals surface area contributed by atoms with E-state index in [1.54, 1.807) is 24.3 Å². The molecule has 1 aromatic rings. The summed E-state index contributed by atoms with van der Waals surface area (Å²) in [5.74, 6) is -1.10. The predicted molar refractivity (Wildman–Crippen MR) is 63.6 cm³/mol. The van der Waals surface area contributed by atoms with Crippen molar-refractivity contribution in [3.8, 4) is 0 Å². The molecular formula is C11H11NO3S. The quantitative estimate of drug-likeness (QED) is 0.607. The van der Waals surface area contributed by atoms with Crippen molar-refractivity contribution < 1.29 is 14.7 Å². The number of aliphatic carboxylic acids is 1. The molecule has 1 rings (SSSR count). The number of anilines is 1. The highest BCUT2D eigenvalue weighted by Gasteiger charge is 2.00. The van der Waals surface area contributed by atoms with Gasteiger partial charge in [-0.25, -0.2) is 0 Å². The smallest absolute Gasteiger partial charge is 0.313 e. The normalized spacial score (nSPS) is 9.50. The molecule has 0 unspecified atom stereocenters. The van der Waals surface area contributed by atoms with Crippen LogP contribution in [0.4, 0.5) is 5.69 Å². The number of carboxylic acids is 1. The van der Waals surface area contributed by atoms with E-state index in [9.17, 15) is 9.59 Å². The van der Waals surface area contributed by atoms with E-state index >= 15 is 0 Å². The molecule has 1 aromatic carbocycles. The second kappa shape index (κ2) is 5.97. The Kier molecular flexibility index (Phi) is 4.60. The van der Waals surface area contributed by atoms with E-state index in [0.29, 0.717) is 5.69 Å². The van der Waals surface area contributed by atoms with Crippen LogP contribution < -0.4 is 5.32 Å². The van der Waals surface area contributed by atoms with E-state index in [1.165, 1.54) is 17.8 Å². The maximum absolute atomic E-state index is 11.0. The topological polar surface area (TPSA) is 66.4 Å². The van der Waals surface area contributed by atoms with Crippen molar-refractivity contribution in [2.75, 3.05) is 11.1 Å². The molecule has 2 N–H and O–H groups in total. The largest absolute Gasteiger partial charge is 0.481 e. The lowest BCUT2D eigenvalue weighted by Gasteiger charge is -2.03. The Bertz CT molecular complexity index is 400. The van der Waals surface area contributed by atoms with Gasteiger partial charge in [-0.15, -0.1) is 11.8 Å². The van der Waals surface area contributed by atoms with Crippen LogP contribution in [0.3, 0.4) is 0 Å². The Balaban J connectivity index is 2.57.